The predicted molar refractivity (Wildman–Crippen MR) is 120 cm³/mol. The zero-order chi connectivity index (χ0) is 21.6. The lowest BCUT2D eigenvalue weighted by atomic mass is 9.97. The zero-order valence-corrected chi connectivity index (χ0v) is 17.7. The van der Waals surface area contributed by atoms with Crippen molar-refractivity contribution >= 4 is 0 Å². The Kier molecular flexibility index (Phi) is 6.92. The Morgan fingerprint density at radius 2 is 1.77 bits per heavy atom. The van der Waals surface area contributed by atoms with Gasteiger partial charge in [0.15, 0.2) is 0 Å². The molecular formula is C25H28FN3O2. The monoisotopic (exact) mass is 421 g/mol. The second kappa shape index (κ2) is 10.0. The van der Waals surface area contributed by atoms with Crippen LogP contribution in [0.25, 0.3) is 11.1 Å². The van der Waals surface area contributed by atoms with Crippen LogP contribution in [-0.4, -0.2) is 42.2 Å². The van der Waals surface area contributed by atoms with Gasteiger partial charge < -0.3 is 15.0 Å². The molecular weight excluding hydrogens is 393 g/mol. The maximum absolute atomic E-state index is 13.2. The van der Waals surface area contributed by atoms with Gasteiger partial charge in [0.05, 0.1) is 19.3 Å². The summed E-state index contributed by atoms with van der Waals surface area (Å²) in [7, 11) is 0. The predicted octanol–water partition coefficient (Wildman–Crippen LogP) is 3.73. The Morgan fingerprint density at radius 1 is 1.06 bits per heavy atom. The van der Waals surface area contributed by atoms with E-state index in [1.54, 1.807) is 18.3 Å². The van der Waals surface area contributed by atoms with Gasteiger partial charge in [-0.25, -0.2) is 4.39 Å². The lowest BCUT2D eigenvalue weighted by molar-refractivity contribution is 0.00854. The molecule has 1 fully saturated rings. The van der Waals surface area contributed by atoms with Crippen LogP contribution >= 0.6 is 0 Å². The number of nitrogens with zero attached hydrogens (tertiary/aromatic N) is 1. The minimum Gasteiger partial charge on any atom is -0.379 e. The van der Waals surface area contributed by atoms with Crippen molar-refractivity contribution in [3.8, 4) is 11.1 Å². The number of hydrogen-bond donors (Lipinski definition) is 2. The second-order valence-corrected chi connectivity index (χ2v) is 7.92. The number of H-pyrrole nitrogens is 1. The molecule has 0 saturated carbocycles. The fraction of sp³-hybridized carbons (Fsp3) is 0.320. The molecule has 0 spiro atoms. The highest BCUT2D eigenvalue weighted by atomic mass is 19.1. The standard InChI is InChI=1S/C25H28FN3O2/c1-18(24(20-5-3-2-4-6-20)29-11-13-31-14-12-29)27-17-22-15-21(16-28-25(22)30)19-7-9-23(26)10-8-19/h2-10,15-16,18,24,27H,11-14,17H2,1H3,(H,28,30). The summed E-state index contributed by atoms with van der Waals surface area (Å²) in [4.78, 5) is 17.7. The Bertz CT molecular complexity index is 1030. The molecule has 3 aromatic rings. The van der Waals surface area contributed by atoms with Crippen molar-refractivity contribution in [2.24, 2.45) is 0 Å². The first-order chi connectivity index (χ1) is 15.1. The average Bonchev–Trinajstić information content (AvgIpc) is 2.81. The fourth-order valence-corrected chi connectivity index (χ4v) is 4.18. The Labute approximate surface area is 181 Å². The summed E-state index contributed by atoms with van der Waals surface area (Å²) in [5, 5.41) is 3.56. The molecule has 4 rings (SSSR count). The van der Waals surface area contributed by atoms with Gasteiger partial charge in [0.2, 0.25) is 0 Å². The molecule has 1 aliphatic rings. The van der Waals surface area contributed by atoms with Gasteiger partial charge in [-0.3, -0.25) is 9.69 Å². The van der Waals surface area contributed by atoms with E-state index in [0.29, 0.717) is 12.1 Å². The average molecular weight is 422 g/mol. The molecule has 1 aromatic heterocycles. The largest absolute Gasteiger partial charge is 0.379 e. The van der Waals surface area contributed by atoms with E-state index in [-0.39, 0.29) is 23.5 Å². The Morgan fingerprint density at radius 3 is 2.48 bits per heavy atom. The van der Waals surface area contributed by atoms with Crippen LogP contribution in [-0.2, 0) is 11.3 Å². The van der Waals surface area contributed by atoms with E-state index in [4.69, 9.17) is 4.74 Å². The molecule has 0 bridgehead atoms. The van der Waals surface area contributed by atoms with Gasteiger partial charge in [-0.15, -0.1) is 0 Å². The quantitative estimate of drug-likeness (QED) is 0.610. The van der Waals surface area contributed by atoms with Crippen LogP contribution in [0.1, 0.15) is 24.1 Å². The van der Waals surface area contributed by atoms with Crippen LogP contribution in [0.4, 0.5) is 4.39 Å². The Hall–Kier alpha value is -2.80. The summed E-state index contributed by atoms with van der Waals surface area (Å²) in [5.74, 6) is -0.279. The fourth-order valence-electron chi connectivity index (χ4n) is 4.18. The molecule has 1 saturated heterocycles. The van der Waals surface area contributed by atoms with Crippen molar-refractivity contribution in [2.45, 2.75) is 25.6 Å². The third kappa shape index (κ3) is 5.28. The van der Waals surface area contributed by atoms with E-state index < -0.39 is 0 Å². The topological polar surface area (TPSA) is 57.4 Å². The molecule has 2 atom stereocenters. The minimum absolute atomic E-state index is 0.117. The molecule has 1 aliphatic heterocycles. The van der Waals surface area contributed by atoms with E-state index in [9.17, 15) is 9.18 Å². The smallest absolute Gasteiger partial charge is 0.252 e. The molecule has 6 heteroatoms. The third-order valence-corrected chi connectivity index (χ3v) is 5.83. The number of rotatable bonds is 7. The highest BCUT2D eigenvalue weighted by Crippen LogP contribution is 2.26. The van der Waals surface area contributed by atoms with Crippen LogP contribution in [0.2, 0.25) is 0 Å². The van der Waals surface area contributed by atoms with Gasteiger partial charge in [0.25, 0.3) is 5.56 Å². The SMILES string of the molecule is CC(NCc1cc(-c2ccc(F)cc2)c[nH]c1=O)C(c1ccccc1)N1CCOCC1. The number of pyridine rings is 1. The number of hydrogen-bond acceptors (Lipinski definition) is 4. The van der Waals surface area contributed by atoms with Gasteiger partial charge in [0.1, 0.15) is 5.82 Å². The van der Waals surface area contributed by atoms with Gasteiger partial charge in [-0.1, -0.05) is 42.5 Å². The lowest BCUT2D eigenvalue weighted by Crippen LogP contribution is -2.47. The number of aromatic nitrogens is 1. The molecule has 0 amide bonds. The van der Waals surface area contributed by atoms with E-state index in [2.05, 4.69) is 46.4 Å². The number of halogens is 1. The maximum atomic E-state index is 13.2. The molecule has 2 heterocycles. The summed E-state index contributed by atoms with van der Waals surface area (Å²) in [6.07, 6.45) is 1.67. The molecule has 0 radical (unpaired) electrons. The number of ether oxygens (including phenoxy) is 1. The van der Waals surface area contributed by atoms with Crippen LogP contribution in [0, 0.1) is 5.82 Å². The van der Waals surface area contributed by atoms with Crippen molar-refractivity contribution in [1.29, 1.82) is 0 Å². The van der Waals surface area contributed by atoms with E-state index >= 15 is 0 Å². The first kappa shape index (κ1) is 21.4. The second-order valence-electron chi connectivity index (χ2n) is 7.92. The van der Waals surface area contributed by atoms with Gasteiger partial charge in [-0.05, 0) is 41.8 Å². The van der Waals surface area contributed by atoms with E-state index in [1.165, 1.54) is 17.7 Å². The van der Waals surface area contributed by atoms with Crippen molar-refractivity contribution in [3.05, 3.63) is 94.2 Å². The van der Waals surface area contributed by atoms with Gasteiger partial charge in [-0.2, -0.15) is 0 Å². The van der Waals surface area contributed by atoms with Crippen molar-refractivity contribution < 1.29 is 9.13 Å². The summed E-state index contributed by atoms with van der Waals surface area (Å²) < 4.78 is 18.8. The van der Waals surface area contributed by atoms with Crippen LogP contribution in [0.5, 0.6) is 0 Å². The third-order valence-electron chi connectivity index (χ3n) is 5.83. The molecule has 0 aliphatic carbocycles. The molecule has 2 unspecified atom stereocenters. The summed E-state index contributed by atoms with van der Waals surface area (Å²) in [6.45, 7) is 5.83. The maximum Gasteiger partial charge on any atom is 0.252 e. The van der Waals surface area contributed by atoms with Crippen molar-refractivity contribution in [2.75, 3.05) is 26.3 Å². The summed E-state index contributed by atoms with van der Waals surface area (Å²) in [6, 6.07) is 18.9. The molecule has 2 N–H and O–H groups in total. The number of nitrogens with one attached hydrogen (secondary N) is 2. The van der Waals surface area contributed by atoms with Crippen LogP contribution in [0.3, 0.4) is 0 Å². The highest BCUT2D eigenvalue weighted by molar-refractivity contribution is 5.62. The first-order valence-corrected chi connectivity index (χ1v) is 10.7. The first-order valence-electron chi connectivity index (χ1n) is 10.7. The summed E-state index contributed by atoms with van der Waals surface area (Å²) in [5.41, 5.74) is 3.51. The Balaban J connectivity index is 1.52. The lowest BCUT2D eigenvalue weighted by Gasteiger charge is -2.38. The number of benzene rings is 2. The number of aromatic amines is 1. The molecule has 2 aromatic carbocycles. The normalized spacial score (nSPS) is 16.7. The summed E-state index contributed by atoms with van der Waals surface area (Å²) >= 11 is 0. The molecule has 31 heavy (non-hydrogen) atoms. The molecule has 162 valence electrons. The van der Waals surface area contributed by atoms with Gasteiger partial charge >= 0.3 is 0 Å². The van der Waals surface area contributed by atoms with Crippen LogP contribution < -0.4 is 10.9 Å². The van der Waals surface area contributed by atoms with Gasteiger partial charge in [0, 0.05) is 37.4 Å². The van der Waals surface area contributed by atoms with E-state index in [1.807, 2.05) is 12.1 Å². The minimum atomic E-state index is -0.279. The van der Waals surface area contributed by atoms with Crippen LogP contribution in [0.15, 0.2) is 71.7 Å². The van der Waals surface area contributed by atoms with Crippen molar-refractivity contribution in [3.63, 3.8) is 0 Å². The van der Waals surface area contributed by atoms with E-state index in [0.717, 1.165) is 37.4 Å². The molecule has 5 nitrogen and oxygen atoms in total. The highest BCUT2D eigenvalue weighted by Gasteiger charge is 2.27. The number of morpholine rings is 1. The van der Waals surface area contributed by atoms with Crippen molar-refractivity contribution in [1.82, 2.24) is 15.2 Å². The zero-order valence-electron chi connectivity index (χ0n) is 17.7.